The van der Waals surface area contributed by atoms with Crippen LogP contribution in [0.25, 0.3) is 0 Å². The fourth-order valence-corrected chi connectivity index (χ4v) is 2.96. The first-order valence-electron chi connectivity index (χ1n) is 7.76. The quantitative estimate of drug-likeness (QED) is 0.886. The summed E-state index contributed by atoms with van der Waals surface area (Å²) in [4.78, 5) is 4.53. The Labute approximate surface area is 126 Å². The molecule has 0 bridgehead atoms. The first-order valence-corrected chi connectivity index (χ1v) is 7.76. The first-order chi connectivity index (χ1) is 10.4. The highest BCUT2D eigenvalue weighted by Gasteiger charge is 2.14. The molecule has 3 rings (SSSR count). The predicted molar refractivity (Wildman–Crippen MR) is 83.6 cm³/mol. The summed E-state index contributed by atoms with van der Waals surface area (Å²) in [6.07, 6.45) is 6.82. The molecule has 0 spiro atoms. The molecule has 0 saturated heterocycles. The lowest BCUT2D eigenvalue weighted by Gasteiger charge is -2.15. The Morgan fingerprint density at radius 2 is 2.10 bits per heavy atom. The Balaban J connectivity index is 1.60. The van der Waals surface area contributed by atoms with E-state index in [2.05, 4.69) is 20.9 Å². The molecule has 1 aromatic heterocycles. The lowest BCUT2D eigenvalue weighted by molar-refractivity contribution is 0.292. The highest BCUT2D eigenvalue weighted by Crippen LogP contribution is 2.20. The predicted octanol–water partition coefficient (Wildman–Crippen LogP) is 2.56. The minimum Gasteiger partial charge on any atom is -0.491 e. The van der Waals surface area contributed by atoms with Crippen LogP contribution in [0.5, 0.6) is 5.75 Å². The molecule has 0 atom stereocenters. The minimum absolute atomic E-state index is 0.684. The van der Waals surface area contributed by atoms with Crippen molar-refractivity contribution in [3.05, 3.63) is 47.5 Å². The second-order valence-electron chi connectivity index (χ2n) is 5.52. The van der Waals surface area contributed by atoms with Gasteiger partial charge in [-0.3, -0.25) is 0 Å². The molecule has 4 heteroatoms. The summed E-state index contributed by atoms with van der Waals surface area (Å²) in [5.41, 5.74) is 3.90. The molecule has 0 fully saturated rings. The number of imidazole rings is 1. The largest absolute Gasteiger partial charge is 0.491 e. The second kappa shape index (κ2) is 6.76. The summed E-state index contributed by atoms with van der Waals surface area (Å²) >= 11 is 0. The molecule has 1 heterocycles. The SMILES string of the molecule is CNCc1ccccc1OCCn1cnc2c1CCCC2. The van der Waals surface area contributed by atoms with Crippen molar-refractivity contribution >= 4 is 0 Å². The molecule has 21 heavy (non-hydrogen) atoms. The monoisotopic (exact) mass is 285 g/mol. The number of nitrogens with zero attached hydrogens (tertiary/aromatic N) is 2. The molecule has 0 radical (unpaired) electrons. The van der Waals surface area contributed by atoms with Crippen molar-refractivity contribution in [1.29, 1.82) is 0 Å². The third-order valence-electron chi connectivity index (χ3n) is 4.04. The number of aromatic nitrogens is 2. The number of nitrogens with one attached hydrogen (secondary N) is 1. The molecule has 2 aromatic rings. The number of hydrogen-bond acceptors (Lipinski definition) is 3. The van der Waals surface area contributed by atoms with Crippen molar-refractivity contribution in [2.24, 2.45) is 0 Å². The van der Waals surface area contributed by atoms with Gasteiger partial charge in [-0.05, 0) is 38.8 Å². The number of fused-ring (bicyclic) bond motifs is 1. The Kier molecular flexibility index (Phi) is 4.55. The summed E-state index contributed by atoms with van der Waals surface area (Å²) in [7, 11) is 1.95. The Morgan fingerprint density at radius 3 is 3.00 bits per heavy atom. The van der Waals surface area contributed by atoms with Crippen LogP contribution >= 0.6 is 0 Å². The van der Waals surface area contributed by atoms with Crippen LogP contribution in [0.1, 0.15) is 29.8 Å². The van der Waals surface area contributed by atoms with Crippen LogP contribution in [0.2, 0.25) is 0 Å². The van der Waals surface area contributed by atoms with Crippen molar-refractivity contribution in [3.63, 3.8) is 0 Å². The van der Waals surface area contributed by atoms with Crippen molar-refractivity contribution in [3.8, 4) is 5.75 Å². The smallest absolute Gasteiger partial charge is 0.123 e. The Bertz CT molecular complexity index is 591. The zero-order valence-corrected chi connectivity index (χ0v) is 12.6. The Hall–Kier alpha value is -1.81. The van der Waals surface area contributed by atoms with E-state index in [1.807, 2.05) is 31.6 Å². The zero-order valence-electron chi connectivity index (χ0n) is 12.6. The molecule has 0 unspecified atom stereocenters. The maximum atomic E-state index is 5.97. The van der Waals surface area contributed by atoms with E-state index in [1.165, 1.54) is 29.8 Å². The zero-order chi connectivity index (χ0) is 14.5. The van der Waals surface area contributed by atoms with E-state index in [-0.39, 0.29) is 0 Å². The van der Waals surface area contributed by atoms with Crippen LogP contribution in [-0.4, -0.2) is 23.2 Å². The van der Waals surface area contributed by atoms with Gasteiger partial charge in [-0.1, -0.05) is 18.2 Å². The average Bonchev–Trinajstić information content (AvgIpc) is 2.93. The summed E-state index contributed by atoms with van der Waals surface area (Å²) in [5.74, 6) is 0.973. The second-order valence-corrected chi connectivity index (χ2v) is 5.52. The van der Waals surface area contributed by atoms with Gasteiger partial charge in [0.25, 0.3) is 0 Å². The molecular formula is C17H23N3O. The van der Waals surface area contributed by atoms with E-state index in [1.54, 1.807) is 0 Å². The van der Waals surface area contributed by atoms with Crippen LogP contribution < -0.4 is 10.1 Å². The van der Waals surface area contributed by atoms with Crippen molar-refractivity contribution < 1.29 is 4.74 Å². The van der Waals surface area contributed by atoms with Gasteiger partial charge < -0.3 is 14.6 Å². The van der Waals surface area contributed by atoms with E-state index in [9.17, 15) is 0 Å². The van der Waals surface area contributed by atoms with Crippen molar-refractivity contribution in [2.45, 2.75) is 38.8 Å². The van der Waals surface area contributed by atoms with Crippen LogP contribution in [-0.2, 0) is 25.9 Å². The van der Waals surface area contributed by atoms with Crippen LogP contribution in [0, 0.1) is 0 Å². The molecule has 0 amide bonds. The summed E-state index contributed by atoms with van der Waals surface area (Å²) < 4.78 is 8.22. The fourth-order valence-electron chi connectivity index (χ4n) is 2.96. The summed E-state index contributed by atoms with van der Waals surface area (Å²) in [5, 5.41) is 3.17. The number of para-hydroxylation sites is 1. The van der Waals surface area contributed by atoms with E-state index in [0.717, 1.165) is 31.7 Å². The lowest BCUT2D eigenvalue weighted by Crippen LogP contribution is -2.14. The molecule has 1 N–H and O–H groups in total. The van der Waals surface area contributed by atoms with E-state index in [4.69, 9.17) is 4.74 Å². The van der Waals surface area contributed by atoms with Crippen molar-refractivity contribution in [1.82, 2.24) is 14.9 Å². The van der Waals surface area contributed by atoms with Gasteiger partial charge in [0.15, 0.2) is 0 Å². The number of hydrogen-bond donors (Lipinski definition) is 1. The third-order valence-corrected chi connectivity index (χ3v) is 4.04. The lowest BCUT2D eigenvalue weighted by atomic mass is 10.0. The molecule has 4 nitrogen and oxygen atoms in total. The maximum Gasteiger partial charge on any atom is 0.123 e. The Morgan fingerprint density at radius 1 is 1.24 bits per heavy atom. The highest BCUT2D eigenvalue weighted by atomic mass is 16.5. The van der Waals surface area contributed by atoms with Crippen molar-refractivity contribution in [2.75, 3.05) is 13.7 Å². The number of ether oxygens (including phenoxy) is 1. The number of benzene rings is 1. The number of aryl methyl sites for hydroxylation is 1. The van der Waals surface area contributed by atoms with E-state index < -0.39 is 0 Å². The first kappa shape index (κ1) is 14.1. The third kappa shape index (κ3) is 3.27. The van der Waals surface area contributed by atoms with Gasteiger partial charge in [-0.2, -0.15) is 0 Å². The maximum absolute atomic E-state index is 5.97. The van der Waals surface area contributed by atoms with Crippen LogP contribution in [0.15, 0.2) is 30.6 Å². The highest BCUT2D eigenvalue weighted by molar-refractivity contribution is 5.33. The van der Waals surface area contributed by atoms with Gasteiger partial charge in [-0.25, -0.2) is 4.98 Å². The van der Waals surface area contributed by atoms with E-state index in [0.29, 0.717) is 6.61 Å². The average molecular weight is 285 g/mol. The standard InChI is InChI=1S/C17H23N3O/c1-18-12-14-6-2-5-9-17(14)21-11-10-20-13-19-15-7-3-4-8-16(15)20/h2,5-6,9,13,18H,3-4,7-8,10-12H2,1H3. The van der Waals surface area contributed by atoms with Gasteiger partial charge >= 0.3 is 0 Å². The van der Waals surface area contributed by atoms with Gasteiger partial charge in [0, 0.05) is 17.8 Å². The van der Waals surface area contributed by atoms with Gasteiger partial charge in [0.1, 0.15) is 12.4 Å². The molecular weight excluding hydrogens is 262 g/mol. The molecule has 0 saturated carbocycles. The van der Waals surface area contributed by atoms with Gasteiger partial charge in [-0.15, -0.1) is 0 Å². The molecule has 1 aliphatic carbocycles. The normalized spacial score (nSPS) is 14.0. The van der Waals surface area contributed by atoms with Gasteiger partial charge in [0.05, 0.1) is 18.6 Å². The minimum atomic E-state index is 0.684. The molecule has 1 aliphatic rings. The molecule has 1 aromatic carbocycles. The van der Waals surface area contributed by atoms with Gasteiger partial charge in [0.2, 0.25) is 0 Å². The summed E-state index contributed by atoms with van der Waals surface area (Å²) in [6.45, 7) is 2.39. The van der Waals surface area contributed by atoms with Crippen LogP contribution in [0.3, 0.4) is 0 Å². The molecule has 112 valence electrons. The van der Waals surface area contributed by atoms with E-state index >= 15 is 0 Å². The number of rotatable bonds is 6. The van der Waals surface area contributed by atoms with Crippen LogP contribution in [0.4, 0.5) is 0 Å². The fraction of sp³-hybridized carbons (Fsp3) is 0.471. The summed E-state index contributed by atoms with van der Waals surface area (Å²) in [6, 6.07) is 8.21. The topological polar surface area (TPSA) is 39.1 Å². The molecule has 0 aliphatic heterocycles.